The predicted molar refractivity (Wildman–Crippen MR) is 128 cm³/mol. The van der Waals surface area contributed by atoms with Gasteiger partial charge in [0.05, 0.1) is 6.07 Å². The molecule has 0 radical (unpaired) electrons. The lowest BCUT2D eigenvalue weighted by molar-refractivity contribution is -0.402. The van der Waals surface area contributed by atoms with Crippen LogP contribution in [0.25, 0.3) is 6.08 Å². The van der Waals surface area contributed by atoms with Crippen LogP contribution in [0.2, 0.25) is 5.02 Å². The van der Waals surface area contributed by atoms with E-state index in [0.717, 1.165) is 11.1 Å². The fourth-order valence-electron chi connectivity index (χ4n) is 3.16. The van der Waals surface area contributed by atoms with Gasteiger partial charge in [-0.15, -0.1) is 10.2 Å². The first-order valence-corrected chi connectivity index (χ1v) is 11.3. The zero-order chi connectivity index (χ0) is 23.7. The Kier molecular flexibility index (Phi) is 5.91. The number of nitrogens with zero attached hydrogens (tertiary/aromatic N) is 5. The predicted octanol–water partition coefficient (Wildman–Crippen LogP) is 5.72. The van der Waals surface area contributed by atoms with E-state index >= 15 is 0 Å². The van der Waals surface area contributed by atoms with Gasteiger partial charge in [0.15, 0.2) is 11.6 Å². The second-order valence-corrected chi connectivity index (χ2v) is 8.76. The number of furan rings is 1. The van der Waals surface area contributed by atoms with Crippen LogP contribution < -0.4 is 4.74 Å². The van der Waals surface area contributed by atoms with E-state index in [9.17, 15) is 10.1 Å². The number of aromatic nitrogens is 3. The van der Waals surface area contributed by atoms with Crippen molar-refractivity contribution in [2.45, 2.75) is 18.7 Å². The molecule has 11 heteroatoms. The molecule has 0 aliphatic carbocycles. The number of halogens is 1. The lowest BCUT2D eigenvalue weighted by Crippen LogP contribution is -2.14. The summed E-state index contributed by atoms with van der Waals surface area (Å²) < 4.78 is 12.9. The first-order valence-electron chi connectivity index (χ1n) is 10.1. The van der Waals surface area contributed by atoms with Crippen molar-refractivity contribution in [2.24, 2.45) is 5.10 Å². The highest BCUT2D eigenvalue weighted by Crippen LogP contribution is 2.36. The molecule has 3 heterocycles. The van der Waals surface area contributed by atoms with E-state index in [1.807, 2.05) is 49.4 Å². The first-order chi connectivity index (χ1) is 16.5. The number of rotatable bonds is 6. The summed E-state index contributed by atoms with van der Waals surface area (Å²) in [6, 6.07) is 17.8. The Morgan fingerprint density at radius 3 is 2.59 bits per heavy atom. The van der Waals surface area contributed by atoms with Crippen molar-refractivity contribution >= 4 is 41.0 Å². The number of thioether (sulfide) groups is 1. The summed E-state index contributed by atoms with van der Waals surface area (Å²) >= 11 is 7.32. The summed E-state index contributed by atoms with van der Waals surface area (Å²) in [6.07, 6.45) is 1.88. The van der Waals surface area contributed by atoms with Crippen LogP contribution in [0, 0.1) is 17.0 Å². The average Bonchev–Trinajstić information content (AvgIpc) is 3.47. The van der Waals surface area contributed by atoms with Crippen molar-refractivity contribution in [3.05, 3.63) is 103 Å². The number of nitro groups is 1. The van der Waals surface area contributed by atoms with Crippen LogP contribution in [0.4, 0.5) is 5.88 Å². The van der Waals surface area contributed by atoms with Gasteiger partial charge in [0.2, 0.25) is 5.16 Å². The second kappa shape index (κ2) is 9.16. The summed E-state index contributed by atoms with van der Waals surface area (Å²) in [6.45, 7) is 2.14. The molecule has 1 aliphatic rings. The molecule has 0 saturated heterocycles. The van der Waals surface area contributed by atoms with Crippen molar-refractivity contribution in [1.82, 2.24) is 14.9 Å². The van der Waals surface area contributed by atoms with Crippen molar-refractivity contribution in [2.75, 3.05) is 0 Å². The minimum absolute atomic E-state index is 0.141. The normalized spacial score (nSPS) is 14.1. The third-order valence-corrected chi connectivity index (χ3v) is 6.09. The van der Waals surface area contributed by atoms with Gasteiger partial charge in [-0.1, -0.05) is 41.4 Å². The van der Waals surface area contributed by atoms with Crippen LogP contribution in [0.15, 0.2) is 80.2 Å². The van der Waals surface area contributed by atoms with Crippen molar-refractivity contribution in [1.29, 1.82) is 0 Å². The quantitative estimate of drug-likeness (QED) is 0.249. The molecule has 0 spiro atoms. The third-order valence-electron chi connectivity index (χ3n) is 4.87. The molecule has 170 valence electrons. The van der Waals surface area contributed by atoms with Crippen molar-refractivity contribution in [3.63, 3.8) is 0 Å². The van der Waals surface area contributed by atoms with E-state index < -0.39 is 4.92 Å². The maximum Gasteiger partial charge on any atom is 0.433 e. The molecule has 2 aromatic carbocycles. The maximum atomic E-state index is 11.2. The van der Waals surface area contributed by atoms with Gasteiger partial charge in [-0.05, 0) is 60.7 Å². The third kappa shape index (κ3) is 4.59. The molecule has 0 fully saturated rings. The molecule has 0 bridgehead atoms. The Morgan fingerprint density at radius 2 is 1.88 bits per heavy atom. The van der Waals surface area contributed by atoms with Crippen LogP contribution in [0.3, 0.4) is 0 Å². The number of benzene rings is 2. The second-order valence-electron chi connectivity index (χ2n) is 7.32. The van der Waals surface area contributed by atoms with Gasteiger partial charge in [-0.25, -0.2) is 0 Å². The molecule has 34 heavy (non-hydrogen) atoms. The molecule has 4 aromatic rings. The van der Waals surface area contributed by atoms with Crippen LogP contribution >= 0.6 is 23.4 Å². The molecule has 1 aliphatic heterocycles. The largest absolute Gasteiger partial charge is 0.486 e. The van der Waals surface area contributed by atoms with Crippen molar-refractivity contribution in [3.8, 4) is 5.75 Å². The van der Waals surface area contributed by atoms with E-state index in [1.165, 1.54) is 23.9 Å². The van der Waals surface area contributed by atoms with Gasteiger partial charge in [-0.2, -0.15) is 9.78 Å². The molecule has 9 nitrogen and oxygen atoms in total. The zero-order valence-electron chi connectivity index (χ0n) is 17.7. The molecule has 0 saturated carbocycles. The number of hydrogen-bond donors (Lipinski definition) is 0. The molecule has 0 N–H and O–H groups in total. The summed E-state index contributed by atoms with van der Waals surface area (Å²) in [5.41, 5.74) is 2.42. The van der Waals surface area contributed by atoms with Gasteiger partial charge >= 0.3 is 5.88 Å². The fraction of sp³-hybridized carbons (Fsp3) is 0.0870. The molecule has 0 unspecified atom stereocenters. The number of fused-ring (bicyclic) bond motifs is 1. The van der Waals surface area contributed by atoms with Gasteiger partial charge < -0.3 is 9.15 Å². The van der Waals surface area contributed by atoms with E-state index in [1.54, 1.807) is 16.8 Å². The number of ether oxygens (including phenoxy) is 1. The van der Waals surface area contributed by atoms with Gasteiger partial charge in [0.1, 0.15) is 23.0 Å². The van der Waals surface area contributed by atoms with Gasteiger partial charge in [0.25, 0.3) is 0 Å². The highest BCUT2D eigenvalue weighted by atomic mass is 35.5. The summed E-state index contributed by atoms with van der Waals surface area (Å²) in [4.78, 5) is 11.3. The Labute approximate surface area is 202 Å². The standard InChI is InChI=1S/C23H16ClN5O4S/c1-14-2-8-17(9-3-14)32-13-20-25-26-23-28(20)27-22(18-10-11-21(33-18)29(30)31)19(34-23)12-15-4-6-16(24)7-5-15/h2-12H,13H2,1H3/b19-12-. The SMILES string of the molecule is Cc1ccc(OCc2nnc3n2N=C(c2ccc([N+](=O)[O-])o2)/C(=C/c2ccc(Cl)cc2)S3)cc1. The van der Waals surface area contributed by atoms with Crippen molar-refractivity contribution < 1.29 is 14.1 Å². The maximum absolute atomic E-state index is 11.2. The monoisotopic (exact) mass is 493 g/mol. The highest BCUT2D eigenvalue weighted by Gasteiger charge is 2.27. The van der Waals surface area contributed by atoms with Gasteiger partial charge in [0, 0.05) is 9.93 Å². The summed E-state index contributed by atoms with van der Waals surface area (Å²) in [7, 11) is 0. The average molecular weight is 494 g/mol. The van der Waals surface area contributed by atoms with Crippen LogP contribution in [0.5, 0.6) is 5.75 Å². The summed E-state index contributed by atoms with van der Waals surface area (Å²) in [5, 5.41) is 25.4. The smallest absolute Gasteiger partial charge is 0.433 e. The molecule has 0 atom stereocenters. The lowest BCUT2D eigenvalue weighted by atomic mass is 10.1. The van der Waals surface area contributed by atoms with Crippen LogP contribution in [0.1, 0.15) is 22.7 Å². The Morgan fingerprint density at radius 1 is 1.12 bits per heavy atom. The molecule has 0 amide bonds. The topological polar surface area (TPSA) is 109 Å². The highest BCUT2D eigenvalue weighted by molar-refractivity contribution is 8.04. The van der Waals surface area contributed by atoms with E-state index in [0.29, 0.717) is 32.4 Å². The fourth-order valence-corrected chi connectivity index (χ4v) is 4.23. The number of hydrogen-bond acceptors (Lipinski definition) is 8. The molecular formula is C23H16ClN5O4S. The van der Waals surface area contributed by atoms with Crippen LogP contribution in [-0.4, -0.2) is 25.5 Å². The Bertz CT molecular complexity index is 1420. The first kappa shape index (κ1) is 21.9. The Hall–Kier alpha value is -3.89. The van der Waals surface area contributed by atoms with E-state index in [2.05, 4.69) is 15.3 Å². The number of allylic oxidation sites excluding steroid dienone is 1. The van der Waals surface area contributed by atoms with E-state index in [-0.39, 0.29) is 18.3 Å². The summed E-state index contributed by atoms with van der Waals surface area (Å²) in [5.74, 6) is 1.06. The Balaban J connectivity index is 1.51. The van der Waals surface area contributed by atoms with Gasteiger partial charge in [-0.3, -0.25) is 10.1 Å². The van der Waals surface area contributed by atoms with E-state index in [4.69, 9.17) is 20.8 Å². The molecular weight excluding hydrogens is 478 g/mol. The molecule has 5 rings (SSSR count). The number of aryl methyl sites for hydroxylation is 1. The minimum atomic E-state index is -0.590. The molecule has 2 aromatic heterocycles. The lowest BCUT2D eigenvalue weighted by Gasteiger charge is -2.15. The zero-order valence-corrected chi connectivity index (χ0v) is 19.3. The van der Waals surface area contributed by atoms with Crippen LogP contribution in [-0.2, 0) is 6.61 Å². The minimum Gasteiger partial charge on any atom is -0.486 e.